The van der Waals surface area contributed by atoms with Gasteiger partial charge in [0.05, 0.1) is 18.7 Å². The van der Waals surface area contributed by atoms with Crippen molar-refractivity contribution in [3.63, 3.8) is 0 Å². The average molecular weight is 217 g/mol. The molecule has 2 heteroatoms. The van der Waals surface area contributed by atoms with Crippen molar-refractivity contribution in [2.45, 2.75) is 39.5 Å². The molecule has 0 aliphatic carbocycles. The van der Waals surface area contributed by atoms with Crippen LogP contribution >= 0.6 is 0 Å². The molecule has 0 saturated carbocycles. The van der Waals surface area contributed by atoms with Gasteiger partial charge in [-0.05, 0) is 35.6 Å². The van der Waals surface area contributed by atoms with Crippen LogP contribution < -0.4 is 4.74 Å². The minimum absolute atomic E-state index is 0.420. The Balaban J connectivity index is 3.36. The van der Waals surface area contributed by atoms with Crippen LogP contribution in [0.4, 0.5) is 0 Å². The summed E-state index contributed by atoms with van der Waals surface area (Å²) in [5, 5.41) is 8.98. The fourth-order valence-corrected chi connectivity index (χ4v) is 1.95. The number of rotatable bonds is 4. The van der Waals surface area contributed by atoms with E-state index in [-0.39, 0.29) is 0 Å². The lowest BCUT2D eigenvalue weighted by atomic mass is 9.92. The van der Waals surface area contributed by atoms with E-state index < -0.39 is 0 Å². The van der Waals surface area contributed by atoms with Crippen LogP contribution in [0.1, 0.15) is 49.8 Å². The monoisotopic (exact) mass is 217 g/mol. The minimum Gasteiger partial charge on any atom is -0.496 e. The second-order valence-electron chi connectivity index (χ2n) is 4.26. The van der Waals surface area contributed by atoms with Crippen molar-refractivity contribution < 1.29 is 4.74 Å². The second-order valence-corrected chi connectivity index (χ2v) is 4.26. The number of hydrogen-bond acceptors (Lipinski definition) is 2. The van der Waals surface area contributed by atoms with Crippen LogP contribution in [0.25, 0.3) is 0 Å². The van der Waals surface area contributed by atoms with Crippen LogP contribution in [0, 0.1) is 11.3 Å². The van der Waals surface area contributed by atoms with E-state index in [9.17, 15) is 0 Å². The quantitative estimate of drug-likeness (QED) is 0.771. The van der Waals surface area contributed by atoms with Crippen molar-refractivity contribution in [1.29, 1.82) is 5.26 Å². The number of nitriles is 1. The fourth-order valence-electron chi connectivity index (χ4n) is 1.95. The van der Waals surface area contributed by atoms with Crippen molar-refractivity contribution >= 4 is 0 Å². The second kappa shape index (κ2) is 5.55. The largest absolute Gasteiger partial charge is 0.496 e. The first-order valence-electron chi connectivity index (χ1n) is 5.74. The van der Waals surface area contributed by atoms with Gasteiger partial charge in [0, 0.05) is 0 Å². The van der Waals surface area contributed by atoms with Crippen molar-refractivity contribution in [3.8, 4) is 11.8 Å². The van der Waals surface area contributed by atoms with Gasteiger partial charge in [-0.3, -0.25) is 0 Å². The van der Waals surface area contributed by atoms with E-state index in [0.717, 1.165) is 18.6 Å². The highest BCUT2D eigenvalue weighted by molar-refractivity contribution is 5.49. The molecule has 16 heavy (non-hydrogen) atoms. The molecule has 0 bridgehead atoms. The first-order chi connectivity index (χ1) is 7.63. The van der Waals surface area contributed by atoms with Crippen LogP contribution in [-0.2, 0) is 6.42 Å². The van der Waals surface area contributed by atoms with Crippen molar-refractivity contribution in [3.05, 3.63) is 28.8 Å². The molecule has 1 rings (SSSR count). The van der Waals surface area contributed by atoms with E-state index >= 15 is 0 Å². The van der Waals surface area contributed by atoms with E-state index in [0.29, 0.717) is 11.5 Å². The maximum atomic E-state index is 8.98. The molecule has 0 N–H and O–H groups in total. The van der Waals surface area contributed by atoms with Crippen molar-refractivity contribution in [2.75, 3.05) is 7.11 Å². The molecular weight excluding hydrogens is 198 g/mol. The summed E-state index contributed by atoms with van der Waals surface area (Å²) in [6.45, 7) is 6.45. The summed E-state index contributed by atoms with van der Waals surface area (Å²) in [6.07, 6.45) is 2.09. The lowest BCUT2D eigenvalue weighted by Gasteiger charge is -2.16. The van der Waals surface area contributed by atoms with E-state index in [1.807, 2.05) is 12.1 Å². The summed E-state index contributed by atoms with van der Waals surface area (Å²) in [5.41, 5.74) is 3.16. The molecule has 0 unspecified atom stereocenters. The lowest BCUT2D eigenvalue weighted by Crippen LogP contribution is -2.01. The zero-order valence-corrected chi connectivity index (χ0v) is 10.5. The minimum atomic E-state index is 0.420. The molecule has 1 aromatic carbocycles. The maximum Gasteiger partial charge on any atom is 0.123 e. The molecule has 0 heterocycles. The Morgan fingerprint density at radius 3 is 2.50 bits per heavy atom. The predicted molar refractivity (Wildman–Crippen MR) is 65.8 cm³/mol. The van der Waals surface area contributed by atoms with Gasteiger partial charge in [0.15, 0.2) is 0 Å². The Morgan fingerprint density at radius 2 is 2.06 bits per heavy atom. The van der Waals surface area contributed by atoms with Crippen LogP contribution in [0.3, 0.4) is 0 Å². The van der Waals surface area contributed by atoms with Gasteiger partial charge in [0.25, 0.3) is 0 Å². The Morgan fingerprint density at radius 1 is 1.38 bits per heavy atom. The lowest BCUT2D eigenvalue weighted by molar-refractivity contribution is 0.408. The number of ether oxygens (including phenoxy) is 1. The molecule has 0 radical (unpaired) electrons. The summed E-state index contributed by atoms with van der Waals surface area (Å²) in [7, 11) is 1.67. The van der Waals surface area contributed by atoms with Crippen LogP contribution in [-0.4, -0.2) is 7.11 Å². The van der Waals surface area contributed by atoms with E-state index in [4.69, 9.17) is 10.00 Å². The average Bonchev–Trinajstić information content (AvgIpc) is 2.29. The summed E-state index contributed by atoms with van der Waals surface area (Å²) in [6, 6.07) is 6.00. The Hall–Kier alpha value is -1.49. The Labute approximate surface area is 97.9 Å². The molecule has 0 saturated heterocycles. The maximum absolute atomic E-state index is 8.98. The smallest absolute Gasteiger partial charge is 0.123 e. The predicted octanol–water partition coefficient (Wildman–Crippen LogP) is 3.64. The van der Waals surface area contributed by atoms with Crippen LogP contribution in [0.2, 0.25) is 0 Å². The Kier molecular flexibility index (Phi) is 4.37. The number of methoxy groups -OCH3 is 1. The highest BCUT2D eigenvalue weighted by Crippen LogP contribution is 2.30. The van der Waals surface area contributed by atoms with E-state index in [1.54, 1.807) is 7.11 Å². The standard InChI is InChI=1S/C14H19NO/c1-5-6-12-13(10(2)3)7-11(9-15)8-14(12)16-4/h7-8,10H,5-6H2,1-4H3. The van der Waals surface area contributed by atoms with Gasteiger partial charge in [0.1, 0.15) is 5.75 Å². The van der Waals surface area contributed by atoms with E-state index in [2.05, 4.69) is 26.8 Å². The SMILES string of the molecule is CCCc1c(OC)cc(C#N)cc1C(C)C. The van der Waals surface area contributed by atoms with Gasteiger partial charge in [0.2, 0.25) is 0 Å². The molecular formula is C14H19NO. The summed E-state index contributed by atoms with van der Waals surface area (Å²) in [4.78, 5) is 0. The molecule has 1 aromatic rings. The third kappa shape index (κ3) is 2.55. The van der Waals surface area contributed by atoms with Crippen molar-refractivity contribution in [1.82, 2.24) is 0 Å². The Bertz CT molecular complexity index is 402. The summed E-state index contributed by atoms with van der Waals surface area (Å²) >= 11 is 0. The van der Waals surface area contributed by atoms with Crippen LogP contribution in [0.15, 0.2) is 12.1 Å². The van der Waals surface area contributed by atoms with E-state index in [1.165, 1.54) is 11.1 Å². The highest BCUT2D eigenvalue weighted by Gasteiger charge is 2.13. The topological polar surface area (TPSA) is 33.0 Å². The summed E-state index contributed by atoms with van der Waals surface area (Å²) in [5.74, 6) is 1.27. The molecule has 86 valence electrons. The third-order valence-corrected chi connectivity index (χ3v) is 2.71. The number of hydrogen-bond donors (Lipinski definition) is 0. The van der Waals surface area contributed by atoms with Gasteiger partial charge < -0.3 is 4.74 Å². The highest BCUT2D eigenvalue weighted by atomic mass is 16.5. The van der Waals surface area contributed by atoms with Gasteiger partial charge in [-0.1, -0.05) is 27.2 Å². The normalized spacial score (nSPS) is 10.2. The summed E-state index contributed by atoms with van der Waals surface area (Å²) < 4.78 is 5.38. The first-order valence-corrected chi connectivity index (χ1v) is 5.74. The molecule has 0 aliphatic rings. The zero-order chi connectivity index (χ0) is 12.1. The molecule has 0 aliphatic heterocycles. The van der Waals surface area contributed by atoms with Gasteiger partial charge >= 0.3 is 0 Å². The van der Waals surface area contributed by atoms with Gasteiger partial charge in [-0.25, -0.2) is 0 Å². The number of benzene rings is 1. The van der Waals surface area contributed by atoms with Gasteiger partial charge in [-0.2, -0.15) is 5.26 Å². The molecule has 0 fully saturated rings. The zero-order valence-electron chi connectivity index (χ0n) is 10.5. The van der Waals surface area contributed by atoms with Crippen LogP contribution in [0.5, 0.6) is 5.75 Å². The molecule has 0 spiro atoms. The third-order valence-electron chi connectivity index (χ3n) is 2.71. The molecule has 0 atom stereocenters. The molecule has 0 aromatic heterocycles. The van der Waals surface area contributed by atoms with Crippen molar-refractivity contribution in [2.24, 2.45) is 0 Å². The molecule has 0 amide bonds. The fraction of sp³-hybridized carbons (Fsp3) is 0.500. The molecule has 2 nitrogen and oxygen atoms in total. The number of nitrogens with zero attached hydrogens (tertiary/aromatic N) is 1. The van der Waals surface area contributed by atoms with Gasteiger partial charge in [-0.15, -0.1) is 0 Å². The first kappa shape index (κ1) is 12.6.